The second kappa shape index (κ2) is 9.55. The highest BCUT2D eigenvalue weighted by Crippen LogP contribution is 2.21. The van der Waals surface area contributed by atoms with Crippen molar-refractivity contribution in [3.63, 3.8) is 0 Å². The number of carbonyl (C=O) groups is 1. The van der Waals surface area contributed by atoms with Crippen LogP contribution < -0.4 is 9.62 Å². The number of sulfonamides is 1. The normalized spacial score (nSPS) is 12.4. The Bertz CT molecular complexity index is 833. The van der Waals surface area contributed by atoms with E-state index < -0.39 is 16.1 Å². The van der Waals surface area contributed by atoms with E-state index in [4.69, 9.17) is 0 Å². The quantitative estimate of drug-likeness (QED) is 0.671. The lowest BCUT2D eigenvalue weighted by atomic mass is 10.1. The Hall–Kier alpha value is -2.34. The molecule has 1 atom stereocenters. The first-order valence-electron chi connectivity index (χ1n) is 9.23. The zero-order chi connectivity index (χ0) is 19.9. The van der Waals surface area contributed by atoms with Gasteiger partial charge in [0.2, 0.25) is 15.9 Å². The first-order chi connectivity index (χ1) is 12.8. The van der Waals surface area contributed by atoms with Crippen molar-refractivity contribution in [2.24, 2.45) is 0 Å². The molecule has 0 aliphatic heterocycles. The van der Waals surface area contributed by atoms with Gasteiger partial charge >= 0.3 is 0 Å². The first kappa shape index (κ1) is 21.0. The summed E-state index contributed by atoms with van der Waals surface area (Å²) in [5.74, 6) is -0.298. The minimum Gasteiger partial charge on any atom is -0.354 e. The van der Waals surface area contributed by atoms with Gasteiger partial charge in [0.15, 0.2) is 0 Å². The summed E-state index contributed by atoms with van der Waals surface area (Å²) in [5.41, 5.74) is 2.83. The van der Waals surface area contributed by atoms with E-state index in [-0.39, 0.29) is 5.91 Å². The number of rotatable bonds is 9. The van der Waals surface area contributed by atoms with Gasteiger partial charge in [0.25, 0.3) is 0 Å². The molecule has 0 aliphatic rings. The number of hydrogen-bond donors (Lipinski definition) is 1. The van der Waals surface area contributed by atoms with Gasteiger partial charge in [-0.1, -0.05) is 49.4 Å². The molecule has 2 aromatic carbocycles. The van der Waals surface area contributed by atoms with Crippen molar-refractivity contribution in [3.05, 3.63) is 65.7 Å². The fourth-order valence-electron chi connectivity index (χ4n) is 2.98. The van der Waals surface area contributed by atoms with Gasteiger partial charge in [0.1, 0.15) is 6.04 Å². The van der Waals surface area contributed by atoms with Gasteiger partial charge in [0.05, 0.1) is 11.9 Å². The van der Waals surface area contributed by atoms with Crippen molar-refractivity contribution in [1.29, 1.82) is 0 Å². The largest absolute Gasteiger partial charge is 0.354 e. The minimum absolute atomic E-state index is 0.298. The molecule has 0 heterocycles. The van der Waals surface area contributed by atoms with Crippen LogP contribution >= 0.6 is 0 Å². The SMILES string of the molecule is CCc1ccc(N(C(C)C(=O)NCCCc2ccccc2)S(C)(=O)=O)cc1. The summed E-state index contributed by atoms with van der Waals surface area (Å²) >= 11 is 0. The molecular formula is C21H28N2O3S. The van der Waals surface area contributed by atoms with Crippen LogP contribution in [0.2, 0.25) is 0 Å². The van der Waals surface area contributed by atoms with E-state index in [1.807, 2.05) is 37.3 Å². The number of anilines is 1. The topological polar surface area (TPSA) is 66.5 Å². The van der Waals surface area contributed by atoms with Crippen LogP contribution in [0, 0.1) is 0 Å². The molecule has 0 fully saturated rings. The van der Waals surface area contributed by atoms with E-state index in [1.54, 1.807) is 19.1 Å². The third-order valence-corrected chi connectivity index (χ3v) is 5.71. The molecule has 0 aliphatic carbocycles. The summed E-state index contributed by atoms with van der Waals surface area (Å²) in [7, 11) is -3.58. The first-order valence-corrected chi connectivity index (χ1v) is 11.1. The summed E-state index contributed by atoms with van der Waals surface area (Å²) in [6.07, 6.45) is 3.66. The Morgan fingerprint density at radius 1 is 1.04 bits per heavy atom. The van der Waals surface area contributed by atoms with E-state index in [0.717, 1.165) is 31.1 Å². The highest BCUT2D eigenvalue weighted by atomic mass is 32.2. The Kier molecular flexibility index (Phi) is 7.42. The summed E-state index contributed by atoms with van der Waals surface area (Å²) in [6, 6.07) is 16.5. The molecule has 0 saturated heterocycles. The number of nitrogens with one attached hydrogen (secondary N) is 1. The van der Waals surface area contributed by atoms with Crippen molar-refractivity contribution >= 4 is 21.6 Å². The van der Waals surface area contributed by atoms with Gasteiger partial charge < -0.3 is 5.32 Å². The van der Waals surface area contributed by atoms with Gasteiger partial charge in [-0.15, -0.1) is 0 Å². The van der Waals surface area contributed by atoms with Gasteiger partial charge in [-0.2, -0.15) is 0 Å². The lowest BCUT2D eigenvalue weighted by Gasteiger charge is -2.28. The molecule has 2 rings (SSSR count). The molecule has 1 amide bonds. The van der Waals surface area contributed by atoms with E-state index in [9.17, 15) is 13.2 Å². The maximum atomic E-state index is 12.5. The van der Waals surface area contributed by atoms with Gasteiger partial charge in [-0.25, -0.2) is 8.42 Å². The van der Waals surface area contributed by atoms with Crippen LogP contribution in [0.4, 0.5) is 5.69 Å². The molecule has 0 saturated carbocycles. The summed E-state index contributed by atoms with van der Waals surface area (Å²) in [4.78, 5) is 12.5. The van der Waals surface area contributed by atoms with Crippen molar-refractivity contribution in [3.8, 4) is 0 Å². The minimum atomic E-state index is -3.58. The Morgan fingerprint density at radius 3 is 2.22 bits per heavy atom. The average molecular weight is 389 g/mol. The van der Waals surface area contributed by atoms with Crippen LogP contribution in [0.15, 0.2) is 54.6 Å². The zero-order valence-corrected chi connectivity index (χ0v) is 17.0. The Balaban J connectivity index is 1.99. The van der Waals surface area contributed by atoms with Gasteiger partial charge in [0, 0.05) is 6.54 Å². The Morgan fingerprint density at radius 2 is 1.67 bits per heavy atom. The monoisotopic (exact) mass is 388 g/mol. The predicted molar refractivity (Wildman–Crippen MR) is 110 cm³/mol. The van der Waals surface area contributed by atoms with E-state index >= 15 is 0 Å². The number of aryl methyl sites for hydroxylation is 2. The molecule has 6 heteroatoms. The number of benzene rings is 2. The fourth-order valence-corrected chi connectivity index (χ4v) is 4.16. The second-order valence-corrected chi connectivity index (χ2v) is 8.49. The molecule has 1 N–H and O–H groups in total. The zero-order valence-electron chi connectivity index (χ0n) is 16.2. The third-order valence-electron chi connectivity index (χ3n) is 4.47. The van der Waals surface area contributed by atoms with Crippen molar-refractivity contribution in [1.82, 2.24) is 5.32 Å². The molecule has 1 unspecified atom stereocenters. The number of amides is 1. The van der Waals surface area contributed by atoms with Crippen molar-refractivity contribution in [2.45, 2.75) is 39.2 Å². The highest BCUT2D eigenvalue weighted by Gasteiger charge is 2.28. The van der Waals surface area contributed by atoms with E-state index in [0.29, 0.717) is 12.2 Å². The molecule has 0 radical (unpaired) electrons. The standard InChI is InChI=1S/C21H28N2O3S/c1-4-18-12-14-20(15-13-18)23(27(3,25)26)17(2)21(24)22-16-8-11-19-9-6-5-7-10-19/h5-7,9-10,12-15,17H,4,8,11,16H2,1-3H3,(H,22,24). The molecule has 27 heavy (non-hydrogen) atoms. The van der Waals surface area contributed by atoms with E-state index in [1.165, 1.54) is 9.87 Å². The molecular weight excluding hydrogens is 360 g/mol. The predicted octanol–water partition coefficient (Wildman–Crippen LogP) is 3.15. The Labute approximate surface area is 162 Å². The van der Waals surface area contributed by atoms with Crippen LogP contribution in [0.5, 0.6) is 0 Å². The molecule has 2 aromatic rings. The number of carbonyl (C=O) groups excluding carboxylic acids is 1. The molecule has 0 bridgehead atoms. The molecule has 146 valence electrons. The van der Waals surface area contributed by atoms with Crippen molar-refractivity contribution < 1.29 is 13.2 Å². The lowest BCUT2D eigenvalue weighted by Crippen LogP contribution is -2.48. The summed E-state index contributed by atoms with van der Waals surface area (Å²) < 4.78 is 25.8. The summed E-state index contributed by atoms with van der Waals surface area (Å²) in [5, 5.41) is 2.85. The van der Waals surface area contributed by atoms with Crippen LogP contribution in [0.25, 0.3) is 0 Å². The second-order valence-electron chi connectivity index (χ2n) is 6.63. The van der Waals surface area contributed by atoms with Crippen LogP contribution in [-0.4, -0.2) is 33.2 Å². The van der Waals surface area contributed by atoms with Crippen molar-refractivity contribution in [2.75, 3.05) is 17.1 Å². The average Bonchev–Trinajstić information content (AvgIpc) is 2.65. The molecule has 5 nitrogen and oxygen atoms in total. The van der Waals surface area contributed by atoms with Gasteiger partial charge in [-0.05, 0) is 49.4 Å². The summed E-state index contributed by atoms with van der Waals surface area (Å²) in [6.45, 7) is 4.15. The van der Waals surface area contributed by atoms with E-state index in [2.05, 4.69) is 17.4 Å². The maximum Gasteiger partial charge on any atom is 0.243 e. The fraction of sp³-hybridized carbons (Fsp3) is 0.381. The van der Waals surface area contributed by atoms with Crippen LogP contribution in [-0.2, 0) is 27.7 Å². The number of hydrogen-bond acceptors (Lipinski definition) is 3. The third kappa shape index (κ3) is 6.10. The molecule has 0 aromatic heterocycles. The number of nitrogens with zero attached hydrogens (tertiary/aromatic N) is 1. The van der Waals surface area contributed by atoms with Crippen LogP contribution in [0.1, 0.15) is 31.4 Å². The van der Waals surface area contributed by atoms with Crippen LogP contribution in [0.3, 0.4) is 0 Å². The highest BCUT2D eigenvalue weighted by molar-refractivity contribution is 7.92. The smallest absolute Gasteiger partial charge is 0.243 e. The lowest BCUT2D eigenvalue weighted by molar-refractivity contribution is -0.121. The van der Waals surface area contributed by atoms with Gasteiger partial charge in [-0.3, -0.25) is 9.10 Å². The molecule has 0 spiro atoms. The maximum absolute atomic E-state index is 12.5.